The van der Waals surface area contributed by atoms with Gasteiger partial charge in [-0.05, 0) is 205 Å². The fourth-order valence-electron chi connectivity index (χ4n) is 17.5. The number of aryl methyl sites for hydroxylation is 1. The SMILES string of the molecule is C1=C(CCN2CCOCC2)c2ccccc2/C1=C/c1c2cccc3c2c2c4c5c(cccc5c5ccccc5c14)CC2CC3.C1=C(CCN2CCOCC2)c2ccccc2/C1=C/c1cccc2ccccc12.CCCCCC1C=C(C(=O)c2cccc3ccccc23)c2ccccc21. The molecule has 2 heterocycles. The molecule has 12 aromatic carbocycles. The first-order chi connectivity index (χ1) is 48.5. The maximum Gasteiger partial charge on any atom is 0.193 e. The van der Waals surface area contributed by atoms with Gasteiger partial charge in [-0.3, -0.25) is 14.6 Å². The van der Waals surface area contributed by atoms with Crippen LogP contribution in [0.5, 0.6) is 0 Å². The Kier molecular flexibility index (Phi) is 17.3. The van der Waals surface area contributed by atoms with Crippen LogP contribution in [0.3, 0.4) is 0 Å². The van der Waals surface area contributed by atoms with Crippen LogP contribution in [0.15, 0.2) is 237 Å². The number of fused-ring (bicyclic) bond motifs is 8. The van der Waals surface area contributed by atoms with E-state index in [1.165, 1.54) is 158 Å². The number of nitrogens with zero attached hydrogens (tertiary/aromatic N) is 2. The molecule has 0 aromatic heterocycles. The molecule has 2 aliphatic heterocycles. The number of hydrogen-bond acceptors (Lipinski definition) is 5. The third-order valence-corrected chi connectivity index (χ3v) is 22.3. The van der Waals surface area contributed by atoms with Crippen molar-refractivity contribution in [3.05, 3.63) is 303 Å². The van der Waals surface area contributed by atoms with Crippen molar-refractivity contribution in [2.24, 2.45) is 0 Å². The number of unbranched alkanes of at least 4 members (excludes halogenated alkanes) is 2. The number of benzene rings is 12. The lowest BCUT2D eigenvalue weighted by molar-refractivity contribution is 0.0389. The molecular formula is C93H84N2O3. The van der Waals surface area contributed by atoms with E-state index in [0.717, 1.165) is 119 Å². The van der Waals surface area contributed by atoms with Crippen LogP contribution < -0.4 is 0 Å². The van der Waals surface area contributed by atoms with Gasteiger partial charge in [0, 0.05) is 56.3 Å². The van der Waals surface area contributed by atoms with Crippen LogP contribution in [0.4, 0.5) is 0 Å². The quantitative estimate of drug-likeness (QED) is 0.0470. The number of hydrogen-bond donors (Lipinski definition) is 0. The van der Waals surface area contributed by atoms with Gasteiger partial charge in [0.1, 0.15) is 0 Å². The fourth-order valence-corrected chi connectivity index (χ4v) is 17.5. The van der Waals surface area contributed by atoms with E-state index >= 15 is 0 Å². The van der Waals surface area contributed by atoms with Crippen molar-refractivity contribution in [3.63, 3.8) is 0 Å². The van der Waals surface area contributed by atoms with Gasteiger partial charge < -0.3 is 9.47 Å². The van der Waals surface area contributed by atoms with Crippen LogP contribution in [0.25, 0.3) is 105 Å². The maximum atomic E-state index is 13.4. The van der Waals surface area contributed by atoms with Crippen LogP contribution in [0.1, 0.15) is 135 Å². The molecule has 0 bridgehead atoms. The van der Waals surface area contributed by atoms with Gasteiger partial charge in [0.2, 0.25) is 0 Å². The van der Waals surface area contributed by atoms with Gasteiger partial charge in [0.15, 0.2) is 5.78 Å². The first-order valence-electron chi connectivity index (χ1n) is 36.3. The first-order valence-corrected chi connectivity index (χ1v) is 36.3. The first kappa shape index (κ1) is 62.0. The number of rotatable bonds is 14. The minimum atomic E-state index is 0.146. The van der Waals surface area contributed by atoms with Crippen molar-refractivity contribution >= 4 is 110 Å². The monoisotopic (exact) mass is 1280 g/mol. The summed E-state index contributed by atoms with van der Waals surface area (Å²) in [7, 11) is 0. The Morgan fingerprint density at radius 2 is 1.00 bits per heavy atom. The second-order valence-electron chi connectivity index (χ2n) is 28.0. The molecule has 12 aromatic rings. The summed E-state index contributed by atoms with van der Waals surface area (Å²) in [5, 5.41) is 16.4. The van der Waals surface area contributed by atoms with Crippen molar-refractivity contribution in [3.8, 4) is 0 Å². The second kappa shape index (κ2) is 27.4. The smallest absolute Gasteiger partial charge is 0.193 e. The van der Waals surface area contributed by atoms with Gasteiger partial charge in [-0.25, -0.2) is 0 Å². The zero-order chi connectivity index (χ0) is 65.5. The van der Waals surface area contributed by atoms with Crippen molar-refractivity contribution in [2.45, 2.75) is 76.5 Å². The van der Waals surface area contributed by atoms with E-state index in [-0.39, 0.29) is 5.78 Å². The number of Topliss-reactive ketones (excluding diaryl/α,β-unsaturated/α-hetero) is 1. The molecule has 0 saturated carbocycles. The number of ketones is 1. The van der Waals surface area contributed by atoms with E-state index in [9.17, 15) is 4.79 Å². The van der Waals surface area contributed by atoms with Crippen LogP contribution in [-0.2, 0) is 22.3 Å². The lowest BCUT2D eigenvalue weighted by atomic mass is 9.69. The zero-order valence-corrected chi connectivity index (χ0v) is 56.4. The van der Waals surface area contributed by atoms with Gasteiger partial charge in [-0.2, -0.15) is 0 Å². The average molecular weight is 1280 g/mol. The normalized spacial score (nSPS) is 18.4. The Balaban J connectivity index is 0.000000117. The van der Waals surface area contributed by atoms with Crippen LogP contribution >= 0.6 is 0 Å². The highest BCUT2D eigenvalue weighted by molar-refractivity contribution is 6.34. The number of carbonyl (C=O) groups is 1. The Morgan fingerprint density at radius 1 is 0.469 bits per heavy atom. The van der Waals surface area contributed by atoms with Crippen molar-refractivity contribution in [1.82, 2.24) is 9.80 Å². The molecule has 0 N–H and O–H groups in total. The standard InChI is InChI=1S/C42H35NO.C26H25NO.C25H24O/c1-2-10-32-30(23-27(31(32)9-1)17-18-43-19-21-44-22-20-43)25-37-36-14-5-7-26-15-16-29-24-28-8-6-13-34-33-11-3-4-12-35(33)41(37)42(39(28)34)40(29)38(26)36;1-2-9-24-20(6-1)7-5-8-21(24)18-23-19-22(25-10-3-4-11-26(23)25)12-13-27-14-16-28-17-15-27;1-2-3-4-11-19-17-24(22-15-8-7-14-21(19)22)25(26)23-16-9-12-18-10-5-6-13-20(18)23/h1-14,23,25,29H,15-22,24H2;1-11,18-19H,12-17H2;5-10,12-17,19H,2-4,11H2,1H3/b30-25+;23-18+;. The molecule has 98 heavy (non-hydrogen) atoms. The molecule has 7 aliphatic rings. The molecule has 2 saturated heterocycles. The topological polar surface area (TPSA) is 42.0 Å². The molecule has 2 atom stereocenters. The largest absolute Gasteiger partial charge is 0.379 e. The van der Waals surface area contributed by atoms with E-state index in [0.29, 0.717) is 11.8 Å². The van der Waals surface area contributed by atoms with Crippen LogP contribution in [0, 0.1) is 0 Å². The lowest BCUT2D eigenvalue weighted by Gasteiger charge is -2.34. The predicted molar refractivity (Wildman–Crippen MR) is 413 cm³/mol. The predicted octanol–water partition coefficient (Wildman–Crippen LogP) is 21.8. The fraction of sp³-hybridized carbons (Fsp3) is 0.237. The van der Waals surface area contributed by atoms with E-state index in [4.69, 9.17) is 9.47 Å². The molecule has 0 spiro atoms. The zero-order valence-electron chi connectivity index (χ0n) is 56.4. The average Bonchev–Trinajstić information content (AvgIpc) is 0.991. The summed E-state index contributed by atoms with van der Waals surface area (Å²) in [6.45, 7) is 12.0. The third-order valence-electron chi connectivity index (χ3n) is 22.3. The van der Waals surface area contributed by atoms with Crippen molar-refractivity contribution in [1.29, 1.82) is 0 Å². The third kappa shape index (κ3) is 11.7. The second-order valence-corrected chi connectivity index (χ2v) is 28.0. The van der Waals surface area contributed by atoms with Gasteiger partial charge in [0.05, 0.1) is 26.4 Å². The minimum Gasteiger partial charge on any atom is -0.379 e. The Hall–Kier alpha value is -9.59. The van der Waals surface area contributed by atoms with Crippen molar-refractivity contribution < 1.29 is 14.3 Å². The summed E-state index contributed by atoms with van der Waals surface area (Å²) >= 11 is 0. The molecule has 5 nitrogen and oxygen atoms in total. The van der Waals surface area contributed by atoms with Gasteiger partial charge >= 0.3 is 0 Å². The molecule has 19 rings (SSSR count). The number of morpholine rings is 2. The summed E-state index contributed by atoms with van der Waals surface area (Å²) in [6.07, 6.45) is 22.5. The van der Waals surface area contributed by atoms with Gasteiger partial charge in [-0.1, -0.05) is 263 Å². The molecule has 2 unspecified atom stereocenters. The van der Waals surface area contributed by atoms with E-state index in [1.807, 2.05) is 36.4 Å². The molecule has 2 fully saturated rings. The lowest BCUT2D eigenvalue weighted by Crippen LogP contribution is -2.36. The van der Waals surface area contributed by atoms with Gasteiger partial charge in [0.25, 0.3) is 0 Å². The van der Waals surface area contributed by atoms with E-state index in [2.05, 4.69) is 229 Å². The van der Waals surface area contributed by atoms with Crippen LogP contribution in [-0.4, -0.2) is 81.3 Å². The summed E-state index contributed by atoms with van der Waals surface area (Å²) in [5.74, 6) is 1.11. The summed E-state index contributed by atoms with van der Waals surface area (Å²) in [4.78, 5) is 18.5. The molecule has 484 valence electrons. The number of ether oxygens (including phenoxy) is 2. The summed E-state index contributed by atoms with van der Waals surface area (Å²) in [5.41, 5.74) is 22.6. The molecule has 5 heteroatoms. The van der Waals surface area contributed by atoms with E-state index in [1.54, 1.807) is 5.56 Å². The highest BCUT2D eigenvalue weighted by Gasteiger charge is 2.34. The Morgan fingerprint density at radius 3 is 1.69 bits per heavy atom. The molecule has 5 aliphatic carbocycles. The Bertz CT molecular complexity index is 5270. The van der Waals surface area contributed by atoms with Crippen molar-refractivity contribution in [2.75, 3.05) is 65.7 Å². The summed E-state index contributed by atoms with van der Waals surface area (Å²) < 4.78 is 11.1. The summed E-state index contributed by atoms with van der Waals surface area (Å²) in [6, 6.07) is 79.0. The van der Waals surface area contributed by atoms with Crippen LogP contribution in [0.2, 0.25) is 0 Å². The highest BCUT2D eigenvalue weighted by Crippen LogP contribution is 2.54. The number of allylic oxidation sites excluding steroid dienone is 6. The maximum absolute atomic E-state index is 13.4. The molecule has 0 radical (unpaired) electrons. The minimum absolute atomic E-state index is 0.146. The highest BCUT2D eigenvalue weighted by atomic mass is 16.5. The Labute approximate surface area is 576 Å². The van der Waals surface area contributed by atoms with E-state index < -0.39 is 0 Å². The molecule has 0 amide bonds. The van der Waals surface area contributed by atoms with Gasteiger partial charge in [-0.15, -0.1) is 0 Å². The molecular weight excluding hydrogens is 1190 g/mol. The number of carbonyl (C=O) groups excluding carboxylic acids is 1.